The van der Waals surface area contributed by atoms with Gasteiger partial charge in [-0.05, 0) is 50.3 Å². The second-order valence-corrected chi connectivity index (χ2v) is 8.35. The first-order valence-corrected chi connectivity index (χ1v) is 9.45. The molecule has 0 atom stereocenters. The lowest BCUT2D eigenvalue weighted by Gasteiger charge is -2.26. The molecule has 1 aromatic carbocycles. The number of aryl methyl sites for hydroxylation is 1. The first kappa shape index (κ1) is 18.4. The third-order valence-electron chi connectivity index (χ3n) is 6.38. The minimum absolute atomic E-state index is 0.205. The fourth-order valence-electron chi connectivity index (χ4n) is 4.89. The molecular weight excluding hydrogens is 385 g/mol. The van der Waals surface area contributed by atoms with Gasteiger partial charge in [0, 0.05) is 12.0 Å². The molecule has 2 N–H and O–H groups in total. The lowest BCUT2D eigenvalue weighted by Crippen LogP contribution is -2.28. The fourth-order valence-corrected chi connectivity index (χ4v) is 4.89. The van der Waals surface area contributed by atoms with Crippen molar-refractivity contribution in [3.63, 3.8) is 0 Å². The van der Waals surface area contributed by atoms with Gasteiger partial charge in [-0.3, -0.25) is 4.68 Å². The van der Waals surface area contributed by atoms with Gasteiger partial charge in [-0.2, -0.15) is 18.3 Å². The van der Waals surface area contributed by atoms with Crippen LogP contribution in [-0.2, 0) is 11.7 Å². The molecule has 2 aromatic heterocycles. The molecule has 3 aromatic rings. The molecule has 29 heavy (non-hydrogen) atoms. The van der Waals surface area contributed by atoms with Crippen LogP contribution in [0.5, 0.6) is 5.75 Å². The normalized spacial score (nSPS) is 26.5. The fraction of sp³-hybridized carbons (Fsp3) is 0.450. The zero-order valence-electron chi connectivity index (χ0n) is 15.7. The van der Waals surface area contributed by atoms with E-state index in [9.17, 15) is 23.4 Å². The number of nitrogens with zero attached hydrogens (tertiary/aromatic N) is 4. The molecule has 2 aliphatic rings. The largest absolute Gasteiger partial charge is 0.507 e. The number of phenols is 1. The molecule has 0 unspecified atom stereocenters. The van der Waals surface area contributed by atoms with E-state index in [2.05, 4.69) is 15.1 Å². The van der Waals surface area contributed by atoms with E-state index in [-0.39, 0.29) is 22.4 Å². The SMILES string of the molecule is Cc1cc(C(F)(F)F)cc(O)c1-c1cnc2cn(C34CCC(O)(CC3)C4)nc2n1. The van der Waals surface area contributed by atoms with Crippen LogP contribution in [0.2, 0.25) is 0 Å². The Kier molecular flexibility index (Phi) is 3.60. The molecular formula is C20H19F3N4O2. The van der Waals surface area contributed by atoms with Gasteiger partial charge in [-0.15, -0.1) is 0 Å². The molecule has 2 saturated carbocycles. The van der Waals surface area contributed by atoms with E-state index in [1.807, 2.05) is 10.9 Å². The molecule has 0 saturated heterocycles. The maximum absolute atomic E-state index is 13.0. The van der Waals surface area contributed by atoms with Crippen molar-refractivity contribution < 1.29 is 23.4 Å². The molecule has 0 radical (unpaired) electrons. The summed E-state index contributed by atoms with van der Waals surface area (Å²) in [7, 11) is 0. The van der Waals surface area contributed by atoms with E-state index in [1.54, 1.807) is 0 Å². The smallest absolute Gasteiger partial charge is 0.416 e. The van der Waals surface area contributed by atoms with Gasteiger partial charge in [0.2, 0.25) is 0 Å². The van der Waals surface area contributed by atoms with Crippen LogP contribution in [0.4, 0.5) is 13.2 Å². The first-order valence-electron chi connectivity index (χ1n) is 9.45. The van der Waals surface area contributed by atoms with E-state index in [0.717, 1.165) is 31.7 Å². The van der Waals surface area contributed by atoms with Gasteiger partial charge in [0.25, 0.3) is 0 Å². The van der Waals surface area contributed by atoms with Crippen molar-refractivity contribution in [2.45, 2.75) is 56.3 Å². The number of phenolic OH excluding ortho intramolecular Hbond substituents is 1. The van der Waals surface area contributed by atoms with Crippen molar-refractivity contribution in [3.05, 3.63) is 35.7 Å². The average Bonchev–Trinajstić information content (AvgIpc) is 3.30. The highest BCUT2D eigenvalue weighted by Crippen LogP contribution is 2.54. The van der Waals surface area contributed by atoms with Crippen molar-refractivity contribution >= 4 is 11.2 Å². The van der Waals surface area contributed by atoms with Crippen molar-refractivity contribution in [1.29, 1.82) is 0 Å². The number of aliphatic hydroxyl groups is 1. The monoisotopic (exact) mass is 404 g/mol. The molecule has 2 fully saturated rings. The van der Waals surface area contributed by atoms with Crippen LogP contribution in [0, 0.1) is 6.92 Å². The van der Waals surface area contributed by atoms with E-state index < -0.39 is 23.1 Å². The average molecular weight is 404 g/mol. The number of hydrogen-bond acceptors (Lipinski definition) is 5. The molecule has 5 rings (SSSR count). The maximum atomic E-state index is 13.0. The summed E-state index contributed by atoms with van der Waals surface area (Å²) in [6.45, 7) is 1.49. The minimum atomic E-state index is -4.54. The van der Waals surface area contributed by atoms with E-state index in [4.69, 9.17) is 0 Å². The van der Waals surface area contributed by atoms with Crippen molar-refractivity contribution in [2.24, 2.45) is 0 Å². The topological polar surface area (TPSA) is 84.1 Å². The summed E-state index contributed by atoms with van der Waals surface area (Å²) in [5.41, 5.74) is -0.122. The quantitative estimate of drug-likeness (QED) is 0.676. The van der Waals surface area contributed by atoms with E-state index in [1.165, 1.54) is 13.1 Å². The number of hydrogen-bond donors (Lipinski definition) is 2. The summed E-state index contributed by atoms with van der Waals surface area (Å²) in [5.74, 6) is -0.499. The van der Waals surface area contributed by atoms with Gasteiger partial charge in [0.1, 0.15) is 11.3 Å². The van der Waals surface area contributed by atoms with Crippen LogP contribution >= 0.6 is 0 Å². The Hall–Kier alpha value is -2.68. The lowest BCUT2D eigenvalue weighted by atomic mass is 9.93. The summed E-state index contributed by atoms with van der Waals surface area (Å²) in [5, 5.41) is 25.3. The summed E-state index contributed by atoms with van der Waals surface area (Å²) >= 11 is 0. The maximum Gasteiger partial charge on any atom is 0.416 e. The predicted octanol–water partition coefficient (Wildman–Crippen LogP) is 3.93. The number of benzene rings is 1. The second kappa shape index (κ2) is 5.69. The number of halogens is 3. The Labute approximate surface area is 164 Å². The molecule has 0 aliphatic heterocycles. The summed E-state index contributed by atoms with van der Waals surface area (Å²) in [6.07, 6.45) is 2.51. The third-order valence-corrected chi connectivity index (χ3v) is 6.38. The molecule has 0 spiro atoms. The van der Waals surface area contributed by atoms with Crippen LogP contribution in [0.1, 0.15) is 43.2 Å². The van der Waals surface area contributed by atoms with E-state index in [0.29, 0.717) is 23.7 Å². The van der Waals surface area contributed by atoms with Crippen molar-refractivity contribution in [3.8, 4) is 17.0 Å². The van der Waals surface area contributed by atoms with Crippen LogP contribution in [0.25, 0.3) is 22.4 Å². The number of rotatable bonds is 2. The van der Waals surface area contributed by atoms with Crippen LogP contribution in [0.15, 0.2) is 24.5 Å². The highest BCUT2D eigenvalue weighted by molar-refractivity contribution is 5.77. The Morgan fingerprint density at radius 3 is 2.45 bits per heavy atom. The number of alkyl halides is 3. The van der Waals surface area contributed by atoms with Crippen molar-refractivity contribution in [1.82, 2.24) is 19.7 Å². The summed E-state index contributed by atoms with van der Waals surface area (Å²) in [4.78, 5) is 8.81. The highest BCUT2D eigenvalue weighted by Gasteiger charge is 2.55. The van der Waals surface area contributed by atoms with Gasteiger partial charge in [0.05, 0.1) is 34.8 Å². The number of aromatic nitrogens is 4. The molecule has 152 valence electrons. The minimum Gasteiger partial charge on any atom is -0.507 e. The summed E-state index contributed by atoms with van der Waals surface area (Å²) < 4.78 is 40.8. The molecule has 9 heteroatoms. The van der Waals surface area contributed by atoms with Crippen molar-refractivity contribution in [2.75, 3.05) is 0 Å². The summed E-state index contributed by atoms with van der Waals surface area (Å²) in [6, 6.07) is 1.68. The first-order chi connectivity index (χ1) is 13.6. The highest BCUT2D eigenvalue weighted by atomic mass is 19.4. The van der Waals surface area contributed by atoms with E-state index >= 15 is 0 Å². The van der Waals surface area contributed by atoms with Gasteiger partial charge in [0.15, 0.2) is 5.65 Å². The standard InChI is InChI=1S/C20H19F3N4O2/c1-11-6-12(20(21,22)23)7-15(28)16(11)13-8-24-14-9-27(26-17(14)25-13)18-2-4-19(29,10-18)5-3-18/h6-9,28-29H,2-5,10H2,1H3. The van der Waals surface area contributed by atoms with Crippen LogP contribution < -0.4 is 0 Å². The van der Waals surface area contributed by atoms with Crippen LogP contribution in [-0.4, -0.2) is 35.6 Å². The second-order valence-electron chi connectivity index (χ2n) is 8.35. The molecule has 0 amide bonds. The molecule has 2 heterocycles. The zero-order chi connectivity index (χ0) is 20.6. The Balaban J connectivity index is 1.56. The van der Waals surface area contributed by atoms with Gasteiger partial charge in [-0.1, -0.05) is 0 Å². The molecule has 6 nitrogen and oxygen atoms in total. The van der Waals surface area contributed by atoms with Gasteiger partial charge in [-0.25, -0.2) is 9.97 Å². The number of fused-ring (bicyclic) bond motifs is 3. The Bertz CT molecular complexity index is 1110. The van der Waals surface area contributed by atoms with Crippen LogP contribution in [0.3, 0.4) is 0 Å². The Morgan fingerprint density at radius 2 is 1.86 bits per heavy atom. The third kappa shape index (κ3) is 2.78. The number of aromatic hydroxyl groups is 1. The lowest BCUT2D eigenvalue weighted by molar-refractivity contribution is -0.137. The predicted molar refractivity (Wildman–Crippen MR) is 98.2 cm³/mol. The van der Waals surface area contributed by atoms with Gasteiger partial charge < -0.3 is 10.2 Å². The molecule has 2 aliphatic carbocycles. The zero-order valence-corrected chi connectivity index (χ0v) is 15.7. The van der Waals surface area contributed by atoms with Gasteiger partial charge >= 0.3 is 6.18 Å². The Morgan fingerprint density at radius 1 is 1.14 bits per heavy atom. The molecule has 2 bridgehead atoms.